The first-order chi connectivity index (χ1) is 14.4. The molecule has 0 radical (unpaired) electrons. The van der Waals surface area contributed by atoms with Gasteiger partial charge in [0.2, 0.25) is 0 Å². The van der Waals surface area contributed by atoms with E-state index in [0.717, 1.165) is 33.4 Å². The molecule has 0 bridgehead atoms. The van der Waals surface area contributed by atoms with E-state index in [1.807, 2.05) is 41.5 Å². The molecule has 0 aliphatic carbocycles. The van der Waals surface area contributed by atoms with E-state index in [4.69, 9.17) is 23.2 Å². The van der Waals surface area contributed by atoms with Gasteiger partial charge in [-0.05, 0) is 88.4 Å². The summed E-state index contributed by atoms with van der Waals surface area (Å²) in [6.45, 7) is 13.6. The fraction of sp³-hybridized carbons (Fsp3) is 0.348. The van der Waals surface area contributed by atoms with Gasteiger partial charge in [-0.15, -0.1) is 0 Å². The first kappa shape index (κ1) is 23.6. The Hall–Kier alpha value is -2.02. The normalized spacial score (nSPS) is 11.8. The minimum Gasteiger partial charge on any atom is -0.276 e. The Morgan fingerprint density at radius 1 is 0.871 bits per heavy atom. The molecule has 31 heavy (non-hydrogen) atoms. The number of halogens is 2. The number of aryl methyl sites for hydroxylation is 1. The number of hydrogen-bond acceptors (Lipinski definition) is 3. The number of nitrogens with one attached hydrogen (secondary N) is 1. The highest BCUT2D eigenvalue weighted by molar-refractivity contribution is 7.92. The van der Waals surface area contributed by atoms with E-state index in [9.17, 15) is 8.42 Å². The first-order valence-electron chi connectivity index (χ1n) is 9.93. The predicted octanol–water partition coefficient (Wildman–Crippen LogP) is 6.20. The van der Waals surface area contributed by atoms with Crippen LogP contribution >= 0.6 is 23.2 Å². The lowest BCUT2D eigenvalue weighted by Gasteiger charge is -2.19. The van der Waals surface area contributed by atoms with Crippen molar-refractivity contribution in [2.75, 3.05) is 4.72 Å². The molecule has 0 spiro atoms. The molecule has 1 aromatic heterocycles. The Balaban J connectivity index is 2.05. The van der Waals surface area contributed by atoms with Crippen molar-refractivity contribution in [1.29, 1.82) is 0 Å². The Morgan fingerprint density at radius 2 is 1.35 bits per heavy atom. The number of hydrogen-bond donors (Lipinski definition) is 1. The fourth-order valence-corrected chi connectivity index (χ4v) is 6.18. The highest BCUT2D eigenvalue weighted by Crippen LogP contribution is 2.33. The van der Waals surface area contributed by atoms with Gasteiger partial charge in [-0.2, -0.15) is 5.10 Å². The summed E-state index contributed by atoms with van der Waals surface area (Å²) in [5, 5.41) is 5.61. The van der Waals surface area contributed by atoms with Crippen molar-refractivity contribution >= 4 is 38.9 Å². The number of nitrogens with zero attached hydrogens (tertiary/aromatic N) is 2. The van der Waals surface area contributed by atoms with Crippen LogP contribution in [0.25, 0.3) is 0 Å². The topological polar surface area (TPSA) is 64.0 Å². The molecule has 0 aliphatic heterocycles. The highest BCUT2D eigenvalue weighted by atomic mass is 35.5. The monoisotopic (exact) mass is 479 g/mol. The summed E-state index contributed by atoms with van der Waals surface area (Å²) >= 11 is 12.6. The van der Waals surface area contributed by atoms with Gasteiger partial charge in [0.05, 0.1) is 28.5 Å². The number of benzene rings is 2. The molecule has 0 amide bonds. The average Bonchev–Trinajstić information content (AvgIpc) is 2.94. The molecule has 166 valence electrons. The zero-order valence-corrected chi connectivity index (χ0v) is 21.1. The summed E-state index contributed by atoms with van der Waals surface area (Å²) in [6, 6.07) is 5.32. The van der Waals surface area contributed by atoms with Gasteiger partial charge in [0.25, 0.3) is 10.0 Å². The van der Waals surface area contributed by atoms with Crippen molar-refractivity contribution in [3.63, 3.8) is 0 Å². The predicted molar refractivity (Wildman–Crippen MR) is 128 cm³/mol. The highest BCUT2D eigenvalue weighted by Gasteiger charge is 2.26. The lowest BCUT2D eigenvalue weighted by molar-refractivity contribution is 0.599. The van der Waals surface area contributed by atoms with Crippen LogP contribution in [0.3, 0.4) is 0 Å². The second-order valence-corrected chi connectivity index (χ2v) is 10.4. The molecule has 0 atom stereocenters. The second kappa shape index (κ2) is 8.49. The van der Waals surface area contributed by atoms with Crippen LogP contribution in [0.15, 0.2) is 23.1 Å². The quantitative estimate of drug-likeness (QED) is 0.473. The molecule has 5 nitrogen and oxygen atoms in total. The molecular formula is C23H27Cl2N3O2S. The van der Waals surface area contributed by atoms with Crippen LogP contribution in [-0.2, 0) is 16.6 Å². The molecule has 2 aromatic carbocycles. The molecule has 0 saturated carbocycles. The van der Waals surface area contributed by atoms with Crippen LogP contribution in [0.2, 0.25) is 10.0 Å². The van der Waals surface area contributed by atoms with Gasteiger partial charge in [-0.3, -0.25) is 9.40 Å². The van der Waals surface area contributed by atoms with Gasteiger partial charge in [0.1, 0.15) is 0 Å². The summed E-state index contributed by atoms with van der Waals surface area (Å²) in [4.78, 5) is 0.328. The van der Waals surface area contributed by atoms with Crippen LogP contribution < -0.4 is 4.72 Å². The van der Waals surface area contributed by atoms with Crippen LogP contribution in [0, 0.1) is 48.5 Å². The third-order valence-corrected chi connectivity index (χ3v) is 8.52. The number of sulfonamides is 1. The molecule has 0 unspecified atom stereocenters. The van der Waals surface area contributed by atoms with Crippen LogP contribution in [0.4, 0.5) is 5.69 Å². The molecule has 0 saturated heterocycles. The van der Waals surface area contributed by atoms with E-state index in [2.05, 4.69) is 9.82 Å². The standard InChI is InChI=1S/C23H27Cl2N3O2S/c1-12-13(2)15(4)23(16(5)14(12)3)31(29,30)27-22-17(6)26-28(18(22)7)11-19-20(24)9-8-10-21(19)25/h8-10,27H,11H2,1-7H3. The number of anilines is 1. The van der Waals surface area contributed by atoms with Crippen LogP contribution in [0.5, 0.6) is 0 Å². The molecule has 8 heteroatoms. The molecule has 3 rings (SSSR count). The third-order valence-electron chi connectivity index (χ3n) is 6.19. The maximum Gasteiger partial charge on any atom is 0.262 e. The summed E-state index contributed by atoms with van der Waals surface area (Å²) in [5.74, 6) is 0. The molecule has 0 fully saturated rings. The molecule has 0 aliphatic rings. The Kier molecular flexibility index (Phi) is 6.47. The Bertz CT molecular complexity index is 1250. The molecular weight excluding hydrogens is 453 g/mol. The van der Waals surface area contributed by atoms with Crippen molar-refractivity contribution in [3.8, 4) is 0 Å². The first-order valence-corrected chi connectivity index (χ1v) is 12.2. The van der Waals surface area contributed by atoms with Gasteiger partial charge in [0, 0.05) is 15.6 Å². The summed E-state index contributed by atoms with van der Waals surface area (Å²) in [7, 11) is -3.81. The summed E-state index contributed by atoms with van der Waals surface area (Å²) < 4.78 is 31.4. The zero-order valence-electron chi connectivity index (χ0n) is 18.8. The van der Waals surface area contributed by atoms with E-state index >= 15 is 0 Å². The fourth-order valence-electron chi connectivity index (χ4n) is 3.89. The van der Waals surface area contributed by atoms with E-state index in [1.54, 1.807) is 29.8 Å². The Labute approximate surface area is 194 Å². The minimum absolute atomic E-state index is 0.328. The van der Waals surface area contributed by atoms with E-state index in [1.165, 1.54) is 0 Å². The van der Waals surface area contributed by atoms with E-state index < -0.39 is 10.0 Å². The third kappa shape index (κ3) is 4.21. The minimum atomic E-state index is -3.81. The maximum atomic E-state index is 13.4. The van der Waals surface area contributed by atoms with Gasteiger partial charge in [0.15, 0.2) is 0 Å². The van der Waals surface area contributed by atoms with Crippen molar-refractivity contribution < 1.29 is 8.42 Å². The lowest BCUT2D eigenvalue weighted by atomic mass is 9.95. The number of rotatable bonds is 5. The van der Waals surface area contributed by atoms with Crippen LogP contribution in [-0.4, -0.2) is 18.2 Å². The van der Waals surface area contributed by atoms with Gasteiger partial charge in [-0.1, -0.05) is 29.3 Å². The number of aromatic nitrogens is 2. The van der Waals surface area contributed by atoms with E-state index in [-0.39, 0.29) is 0 Å². The largest absolute Gasteiger partial charge is 0.276 e. The van der Waals surface area contributed by atoms with Crippen molar-refractivity contribution in [1.82, 2.24) is 9.78 Å². The summed E-state index contributed by atoms with van der Waals surface area (Å²) in [6.07, 6.45) is 0. The van der Waals surface area contributed by atoms with Gasteiger partial charge >= 0.3 is 0 Å². The van der Waals surface area contributed by atoms with Gasteiger partial charge in [-0.25, -0.2) is 8.42 Å². The molecule has 1 N–H and O–H groups in total. The van der Waals surface area contributed by atoms with Gasteiger partial charge < -0.3 is 0 Å². The summed E-state index contributed by atoms with van der Waals surface area (Å²) in [5.41, 5.74) is 7.10. The molecule has 3 aromatic rings. The van der Waals surface area contributed by atoms with E-state index in [0.29, 0.717) is 38.6 Å². The molecule has 1 heterocycles. The lowest BCUT2D eigenvalue weighted by Crippen LogP contribution is -2.18. The van der Waals surface area contributed by atoms with Crippen molar-refractivity contribution in [2.24, 2.45) is 0 Å². The second-order valence-electron chi connectivity index (χ2n) is 7.96. The van der Waals surface area contributed by atoms with Crippen molar-refractivity contribution in [2.45, 2.75) is 59.9 Å². The van der Waals surface area contributed by atoms with Crippen molar-refractivity contribution in [3.05, 3.63) is 73.0 Å². The zero-order chi connectivity index (χ0) is 23.2. The SMILES string of the molecule is Cc1nn(Cc2c(Cl)cccc2Cl)c(C)c1NS(=O)(=O)c1c(C)c(C)c(C)c(C)c1C. The smallest absolute Gasteiger partial charge is 0.262 e. The maximum absolute atomic E-state index is 13.4. The average molecular weight is 480 g/mol. The van der Waals surface area contributed by atoms with Crippen LogP contribution in [0.1, 0.15) is 44.8 Å². The Morgan fingerprint density at radius 3 is 1.87 bits per heavy atom.